The van der Waals surface area contributed by atoms with Crippen molar-refractivity contribution in [2.75, 3.05) is 46.2 Å². The van der Waals surface area contributed by atoms with Crippen LogP contribution in [0.2, 0.25) is 0 Å². The normalized spacial score (nSPS) is 8.78. The molecule has 0 aromatic heterocycles. The molecule has 0 aliphatic heterocycles. The Bertz CT molecular complexity index is 149. The summed E-state index contributed by atoms with van der Waals surface area (Å²) in [5.41, 5.74) is 5.22. The number of Topliss-reactive ketones (excluding diaryl/α,β-unsaturated/α-hetero) is 1. The Balaban J connectivity index is -0.000000204. The highest BCUT2D eigenvalue weighted by Gasteiger charge is 1.93. The van der Waals surface area contributed by atoms with E-state index in [0.717, 1.165) is 0 Å². The Morgan fingerprint density at radius 1 is 0.889 bits per heavy atom. The van der Waals surface area contributed by atoms with Crippen molar-refractivity contribution >= 4 is 5.78 Å². The standard InChI is InChI=1S/C9H19NO4.2C2H6.H2/c1-9(11)8-14-7-6-13-5-4-12-3-2-10;2*1-2;/h2-8,10H2,1H3;2*1-2H3;1H. The molecule has 0 fully saturated rings. The maximum absolute atomic E-state index is 10.5. The van der Waals surface area contributed by atoms with Gasteiger partial charge in [0, 0.05) is 7.97 Å². The van der Waals surface area contributed by atoms with Crippen LogP contribution in [0.1, 0.15) is 36.0 Å². The average Bonchev–Trinajstić information content (AvgIpc) is 2.41. The van der Waals surface area contributed by atoms with E-state index in [1.807, 2.05) is 27.7 Å². The predicted molar refractivity (Wildman–Crippen MR) is 77.0 cm³/mol. The summed E-state index contributed by atoms with van der Waals surface area (Å²) < 4.78 is 15.2. The van der Waals surface area contributed by atoms with Crippen LogP contribution in [0.3, 0.4) is 0 Å². The van der Waals surface area contributed by atoms with Crippen molar-refractivity contribution in [2.45, 2.75) is 34.6 Å². The topological polar surface area (TPSA) is 70.8 Å². The van der Waals surface area contributed by atoms with E-state index in [0.29, 0.717) is 39.6 Å². The first-order valence-electron chi connectivity index (χ1n) is 6.70. The van der Waals surface area contributed by atoms with E-state index in [2.05, 4.69) is 0 Å². The van der Waals surface area contributed by atoms with Gasteiger partial charge in [-0.3, -0.25) is 4.79 Å². The number of hydrogen-bond acceptors (Lipinski definition) is 5. The van der Waals surface area contributed by atoms with Gasteiger partial charge < -0.3 is 19.9 Å². The first kappa shape index (κ1) is 22.7. The molecule has 0 radical (unpaired) electrons. The summed E-state index contributed by atoms with van der Waals surface area (Å²) in [5.74, 6) is 0.0243. The molecule has 0 aromatic rings. The number of carbonyl (C=O) groups excluding carboxylic acids is 1. The zero-order valence-electron chi connectivity index (χ0n) is 12.7. The Labute approximate surface area is 113 Å². The number of carbonyl (C=O) groups is 1. The summed E-state index contributed by atoms with van der Waals surface area (Å²) >= 11 is 0. The van der Waals surface area contributed by atoms with Crippen molar-refractivity contribution < 1.29 is 20.4 Å². The third-order valence-electron chi connectivity index (χ3n) is 1.31. The van der Waals surface area contributed by atoms with Gasteiger partial charge in [-0.2, -0.15) is 0 Å². The highest BCUT2D eigenvalue weighted by Crippen LogP contribution is 1.81. The lowest BCUT2D eigenvalue weighted by Crippen LogP contribution is -2.14. The second kappa shape index (κ2) is 25.4. The Morgan fingerprint density at radius 3 is 1.67 bits per heavy atom. The summed E-state index contributed by atoms with van der Waals surface area (Å²) in [7, 11) is 0. The van der Waals surface area contributed by atoms with Crippen molar-refractivity contribution in [3.63, 3.8) is 0 Å². The first-order chi connectivity index (χ1) is 8.77. The molecule has 0 spiro atoms. The number of nitrogens with two attached hydrogens (primary N) is 1. The van der Waals surface area contributed by atoms with Crippen LogP contribution in [-0.2, 0) is 19.0 Å². The molecule has 2 N–H and O–H groups in total. The van der Waals surface area contributed by atoms with Gasteiger partial charge in [0.25, 0.3) is 0 Å². The third-order valence-corrected chi connectivity index (χ3v) is 1.31. The molecule has 0 bridgehead atoms. The van der Waals surface area contributed by atoms with Crippen molar-refractivity contribution in [2.24, 2.45) is 5.73 Å². The van der Waals surface area contributed by atoms with E-state index in [1.165, 1.54) is 6.92 Å². The lowest BCUT2D eigenvalue weighted by Gasteiger charge is -2.04. The molecule has 0 saturated heterocycles. The fourth-order valence-corrected chi connectivity index (χ4v) is 0.739. The molecule has 0 heterocycles. The minimum atomic E-state index is 0. The van der Waals surface area contributed by atoms with E-state index in [9.17, 15) is 4.79 Å². The molecule has 0 aromatic carbocycles. The van der Waals surface area contributed by atoms with Crippen molar-refractivity contribution in [3.8, 4) is 0 Å². The summed E-state index contributed by atoms with van der Waals surface area (Å²) in [6.07, 6.45) is 0. The molecule has 0 aliphatic carbocycles. The van der Waals surface area contributed by atoms with Crippen LogP contribution in [0, 0.1) is 0 Å². The average molecular weight is 267 g/mol. The van der Waals surface area contributed by atoms with Gasteiger partial charge in [-0.25, -0.2) is 0 Å². The van der Waals surface area contributed by atoms with Crippen LogP contribution in [0.15, 0.2) is 0 Å². The summed E-state index contributed by atoms with van der Waals surface area (Å²) in [5, 5.41) is 0. The molecule has 5 nitrogen and oxygen atoms in total. The van der Waals surface area contributed by atoms with Crippen LogP contribution < -0.4 is 5.73 Å². The van der Waals surface area contributed by atoms with Crippen LogP contribution >= 0.6 is 0 Å². The van der Waals surface area contributed by atoms with Gasteiger partial charge in [-0.05, 0) is 6.92 Å². The molecular formula is C13H33NO4. The molecule has 5 heteroatoms. The smallest absolute Gasteiger partial charge is 0.155 e. The van der Waals surface area contributed by atoms with Crippen LogP contribution in [0.25, 0.3) is 0 Å². The molecule has 0 unspecified atom stereocenters. The van der Waals surface area contributed by atoms with Gasteiger partial charge in [-0.1, -0.05) is 27.7 Å². The third kappa shape index (κ3) is 29.6. The molecule has 0 rings (SSSR count). The largest absolute Gasteiger partial charge is 0.378 e. The lowest BCUT2D eigenvalue weighted by atomic mass is 10.5. The lowest BCUT2D eigenvalue weighted by molar-refractivity contribution is -0.122. The van der Waals surface area contributed by atoms with Gasteiger partial charge in [0.2, 0.25) is 0 Å². The Morgan fingerprint density at radius 2 is 1.28 bits per heavy atom. The minimum absolute atomic E-state index is 0. The summed E-state index contributed by atoms with van der Waals surface area (Å²) in [4.78, 5) is 10.5. The maximum Gasteiger partial charge on any atom is 0.155 e. The van der Waals surface area contributed by atoms with Gasteiger partial charge in [0.1, 0.15) is 6.61 Å². The zero-order chi connectivity index (χ0) is 14.6. The van der Waals surface area contributed by atoms with Crippen molar-refractivity contribution in [1.29, 1.82) is 0 Å². The van der Waals surface area contributed by atoms with Gasteiger partial charge in [0.15, 0.2) is 5.78 Å². The number of hydrogen-bond donors (Lipinski definition) is 1. The van der Waals surface area contributed by atoms with E-state index < -0.39 is 0 Å². The van der Waals surface area contributed by atoms with Crippen molar-refractivity contribution in [3.05, 3.63) is 0 Å². The quantitative estimate of drug-likeness (QED) is 0.612. The molecule has 0 aliphatic rings. The van der Waals surface area contributed by atoms with E-state index >= 15 is 0 Å². The Hall–Kier alpha value is -0.490. The summed E-state index contributed by atoms with van der Waals surface area (Å²) in [6.45, 7) is 12.7. The van der Waals surface area contributed by atoms with E-state index in [4.69, 9.17) is 19.9 Å². The molecule has 0 saturated carbocycles. The van der Waals surface area contributed by atoms with Gasteiger partial charge >= 0.3 is 0 Å². The molecule has 18 heavy (non-hydrogen) atoms. The maximum atomic E-state index is 10.5. The number of ketones is 1. The van der Waals surface area contributed by atoms with Crippen molar-refractivity contribution in [1.82, 2.24) is 0 Å². The van der Waals surface area contributed by atoms with Gasteiger partial charge in [-0.15, -0.1) is 0 Å². The van der Waals surface area contributed by atoms with E-state index in [-0.39, 0.29) is 13.8 Å². The molecule has 0 amide bonds. The van der Waals surface area contributed by atoms with Crippen LogP contribution in [0.4, 0.5) is 0 Å². The zero-order valence-corrected chi connectivity index (χ0v) is 12.7. The Kier molecular flexibility index (Phi) is 32.0. The first-order valence-corrected chi connectivity index (χ1v) is 6.70. The van der Waals surface area contributed by atoms with E-state index in [1.54, 1.807) is 0 Å². The molecular weight excluding hydrogens is 234 g/mol. The highest BCUT2D eigenvalue weighted by atomic mass is 16.5. The number of rotatable bonds is 10. The monoisotopic (exact) mass is 267 g/mol. The molecule has 114 valence electrons. The second-order valence-corrected chi connectivity index (χ2v) is 2.77. The molecule has 0 atom stereocenters. The second-order valence-electron chi connectivity index (χ2n) is 2.77. The minimum Gasteiger partial charge on any atom is -0.378 e. The van der Waals surface area contributed by atoms with Gasteiger partial charge in [0.05, 0.1) is 33.0 Å². The predicted octanol–water partition coefficient (Wildman–Crippen LogP) is 1.88. The van der Waals surface area contributed by atoms with Crippen LogP contribution in [-0.4, -0.2) is 52.0 Å². The highest BCUT2D eigenvalue weighted by molar-refractivity contribution is 5.76. The number of ether oxygens (including phenoxy) is 3. The fourth-order valence-electron chi connectivity index (χ4n) is 0.739. The SMILES string of the molecule is CC.CC.CC(=O)COCCOCCOCCN.[HH]. The summed E-state index contributed by atoms with van der Waals surface area (Å²) in [6, 6.07) is 0. The fraction of sp³-hybridized carbons (Fsp3) is 0.923. The van der Waals surface area contributed by atoms with Crippen LogP contribution in [0.5, 0.6) is 0 Å².